The molecular formula is C19H18Cl2N4O2. The van der Waals surface area contributed by atoms with Crippen LogP contribution in [0.1, 0.15) is 17.5 Å². The number of nitrogens with zero attached hydrogens (tertiary/aromatic N) is 2. The highest BCUT2D eigenvalue weighted by Crippen LogP contribution is 2.27. The molecular weight excluding hydrogens is 387 g/mol. The minimum absolute atomic E-state index is 0.00925. The molecule has 0 unspecified atom stereocenters. The number of benzene rings is 1. The van der Waals surface area contributed by atoms with Gasteiger partial charge in [0, 0.05) is 24.0 Å². The van der Waals surface area contributed by atoms with Crippen molar-refractivity contribution >= 4 is 28.9 Å². The van der Waals surface area contributed by atoms with Gasteiger partial charge in [0.1, 0.15) is 10.7 Å². The number of halogens is 2. The second-order valence-corrected chi connectivity index (χ2v) is 6.59. The molecule has 27 heavy (non-hydrogen) atoms. The molecule has 140 valence electrons. The molecule has 2 aromatic heterocycles. The Hall–Kier alpha value is -2.57. The summed E-state index contributed by atoms with van der Waals surface area (Å²) in [6.07, 6.45) is 4.93. The Bertz CT molecular complexity index is 948. The van der Waals surface area contributed by atoms with Gasteiger partial charge in [0.25, 0.3) is 11.4 Å². The van der Waals surface area contributed by atoms with E-state index in [1.165, 1.54) is 0 Å². The van der Waals surface area contributed by atoms with E-state index in [0.717, 1.165) is 29.0 Å². The summed E-state index contributed by atoms with van der Waals surface area (Å²) in [5.41, 5.74) is 1.89. The van der Waals surface area contributed by atoms with Crippen LogP contribution >= 0.6 is 23.2 Å². The monoisotopic (exact) mass is 404 g/mol. The summed E-state index contributed by atoms with van der Waals surface area (Å²) in [5.74, 6) is 0.252. The summed E-state index contributed by atoms with van der Waals surface area (Å²) < 4.78 is 5.74. The molecule has 1 aromatic carbocycles. The van der Waals surface area contributed by atoms with E-state index in [9.17, 15) is 4.79 Å². The molecule has 2 N–H and O–H groups in total. The predicted octanol–water partition coefficient (Wildman–Crippen LogP) is 4.10. The van der Waals surface area contributed by atoms with E-state index < -0.39 is 5.56 Å². The van der Waals surface area contributed by atoms with Crippen molar-refractivity contribution in [2.24, 2.45) is 0 Å². The van der Waals surface area contributed by atoms with Gasteiger partial charge in [-0.05, 0) is 36.1 Å². The lowest BCUT2D eigenvalue weighted by Crippen LogP contribution is -2.15. The van der Waals surface area contributed by atoms with Crippen molar-refractivity contribution in [2.45, 2.75) is 19.4 Å². The number of aromatic nitrogens is 3. The Labute approximate surface area is 166 Å². The maximum Gasteiger partial charge on any atom is 0.285 e. The number of H-pyrrole nitrogens is 1. The van der Waals surface area contributed by atoms with Crippen LogP contribution in [0, 0.1) is 0 Å². The smallest absolute Gasteiger partial charge is 0.285 e. The fraction of sp³-hybridized carbons (Fsp3) is 0.211. The third-order valence-electron chi connectivity index (χ3n) is 3.87. The average Bonchev–Trinajstić information content (AvgIpc) is 2.69. The topological polar surface area (TPSA) is 79.9 Å². The highest BCUT2D eigenvalue weighted by molar-refractivity contribution is 6.33. The van der Waals surface area contributed by atoms with E-state index in [0.29, 0.717) is 18.8 Å². The maximum atomic E-state index is 11.8. The first-order valence-corrected chi connectivity index (χ1v) is 9.18. The molecule has 0 atom stereocenters. The molecule has 0 radical (unpaired) electrons. The normalized spacial score (nSPS) is 10.6. The summed E-state index contributed by atoms with van der Waals surface area (Å²) in [6.45, 7) is 0.844. The van der Waals surface area contributed by atoms with Gasteiger partial charge in [-0.1, -0.05) is 47.5 Å². The van der Waals surface area contributed by atoms with Crippen molar-refractivity contribution in [3.63, 3.8) is 0 Å². The lowest BCUT2D eigenvalue weighted by atomic mass is 10.1. The lowest BCUT2D eigenvalue weighted by Gasteiger charge is -2.13. The molecule has 0 bridgehead atoms. The lowest BCUT2D eigenvalue weighted by molar-refractivity contribution is 0.297. The number of ether oxygens (including phenoxy) is 1. The number of pyridine rings is 1. The Kier molecular flexibility index (Phi) is 6.68. The first kappa shape index (κ1) is 19.2. The molecule has 0 spiro atoms. The summed E-state index contributed by atoms with van der Waals surface area (Å²) in [5, 5.41) is 10.2. The maximum absolute atomic E-state index is 11.8. The molecule has 0 saturated carbocycles. The molecule has 0 aliphatic rings. The van der Waals surface area contributed by atoms with Crippen LogP contribution in [0.2, 0.25) is 10.0 Å². The number of hydrogen-bond donors (Lipinski definition) is 2. The van der Waals surface area contributed by atoms with Gasteiger partial charge in [-0.3, -0.25) is 9.78 Å². The third kappa shape index (κ3) is 5.21. The van der Waals surface area contributed by atoms with E-state index >= 15 is 0 Å². The Morgan fingerprint density at radius 2 is 2.00 bits per heavy atom. The Morgan fingerprint density at radius 1 is 1.15 bits per heavy atom. The van der Waals surface area contributed by atoms with Crippen molar-refractivity contribution in [1.82, 2.24) is 15.2 Å². The Balaban J connectivity index is 1.63. The van der Waals surface area contributed by atoms with Crippen molar-refractivity contribution in [2.75, 3.05) is 11.9 Å². The zero-order valence-corrected chi connectivity index (χ0v) is 15.9. The van der Waals surface area contributed by atoms with Gasteiger partial charge in [-0.25, -0.2) is 5.10 Å². The number of aryl methyl sites for hydroxylation is 1. The number of aromatic amines is 1. The molecule has 8 heteroatoms. The molecule has 0 fully saturated rings. The van der Waals surface area contributed by atoms with Gasteiger partial charge in [-0.2, -0.15) is 0 Å². The van der Waals surface area contributed by atoms with E-state index in [1.807, 2.05) is 36.4 Å². The summed E-state index contributed by atoms with van der Waals surface area (Å²) in [7, 11) is 0. The van der Waals surface area contributed by atoms with E-state index in [4.69, 9.17) is 27.9 Å². The predicted molar refractivity (Wildman–Crippen MR) is 107 cm³/mol. The molecule has 0 amide bonds. The van der Waals surface area contributed by atoms with Crippen molar-refractivity contribution in [3.05, 3.63) is 80.3 Å². The van der Waals surface area contributed by atoms with Crippen LogP contribution in [0.25, 0.3) is 0 Å². The Morgan fingerprint density at radius 3 is 2.78 bits per heavy atom. The van der Waals surface area contributed by atoms with Gasteiger partial charge in [0.2, 0.25) is 0 Å². The molecule has 2 heterocycles. The van der Waals surface area contributed by atoms with E-state index in [2.05, 4.69) is 20.5 Å². The van der Waals surface area contributed by atoms with Crippen LogP contribution in [0.4, 0.5) is 5.69 Å². The van der Waals surface area contributed by atoms with Crippen LogP contribution in [0.5, 0.6) is 5.88 Å². The van der Waals surface area contributed by atoms with Crippen molar-refractivity contribution in [1.29, 1.82) is 0 Å². The SMILES string of the molecule is O=c1[nH]nc(OCCCc2ccccc2Cl)c(NCc2cccnc2)c1Cl. The van der Waals surface area contributed by atoms with Crippen LogP contribution in [0.3, 0.4) is 0 Å². The van der Waals surface area contributed by atoms with Crippen LogP contribution in [-0.2, 0) is 13.0 Å². The van der Waals surface area contributed by atoms with Crippen LogP contribution in [0.15, 0.2) is 53.6 Å². The van der Waals surface area contributed by atoms with Gasteiger partial charge in [-0.15, -0.1) is 5.10 Å². The second kappa shape index (κ2) is 9.39. The fourth-order valence-electron chi connectivity index (χ4n) is 2.50. The molecule has 0 aliphatic heterocycles. The molecule has 6 nitrogen and oxygen atoms in total. The zero-order chi connectivity index (χ0) is 19.1. The van der Waals surface area contributed by atoms with Gasteiger partial charge in [0.15, 0.2) is 0 Å². The van der Waals surface area contributed by atoms with Gasteiger partial charge < -0.3 is 10.1 Å². The number of anilines is 1. The average molecular weight is 405 g/mol. The van der Waals surface area contributed by atoms with Crippen molar-refractivity contribution < 1.29 is 4.74 Å². The number of nitrogens with one attached hydrogen (secondary N) is 2. The first-order valence-electron chi connectivity index (χ1n) is 8.42. The van der Waals surface area contributed by atoms with Gasteiger partial charge in [0.05, 0.1) is 6.61 Å². The summed E-state index contributed by atoms with van der Waals surface area (Å²) in [4.78, 5) is 15.8. The molecule has 0 aliphatic carbocycles. The number of hydrogen-bond acceptors (Lipinski definition) is 5. The third-order valence-corrected chi connectivity index (χ3v) is 4.60. The second-order valence-electron chi connectivity index (χ2n) is 5.81. The molecule has 0 saturated heterocycles. The minimum Gasteiger partial charge on any atom is -0.475 e. The highest BCUT2D eigenvalue weighted by Gasteiger charge is 2.14. The van der Waals surface area contributed by atoms with Gasteiger partial charge >= 0.3 is 0 Å². The fourth-order valence-corrected chi connectivity index (χ4v) is 2.92. The zero-order valence-electron chi connectivity index (χ0n) is 14.4. The van der Waals surface area contributed by atoms with E-state index in [1.54, 1.807) is 12.4 Å². The number of rotatable bonds is 8. The minimum atomic E-state index is -0.478. The highest BCUT2D eigenvalue weighted by atomic mass is 35.5. The summed E-state index contributed by atoms with van der Waals surface area (Å²) in [6, 6.07) is 11.4. The van der Waals surface area contributed by atoms with Crippen LogP contribution in [-0.4, -0.2) is 21.8 Å². The van der Waals surface area contributed by atoms with Crippen LogP contribution < -0.4 is 15.6 Å². The largest absolute Gasteiger partial charge is 0.475 e. The standard InChI is InChI=1S/C19H18Cl2N4O2/c20-15-8-2-1-6-14(15)7-4-10-27-19-17(16(21)18(26)24-25-19)23-12-13-5-3-9-22-11-13/h1-3,5-6,8-9,11H,4,7,10,12H2,(H2,23,24,26). The molecule has 3 rings (SSSR count). The van der Waals surface area contributed by atoms with E-state index in [-0.39, 0.29) is 10.9 Å². The molecule has 3 aromatic rings. The van der Waals surface area contributed by atoms with Crippen molar-refractivity contribution in [3.8, 4) is 5.88 Å². The first-order chi connectivity index (χ1) is 13.1. The quantitative estimate of drug-likeness (QED) is 0.552. The summed E-state index contributed by atoms with van der Waals surface area (Å²) >= 11 is 12.3.